The summed E-state index contributed by atoms with van der Waals surface area (Å²) >= 11 is 6.05. The van der Waals surface area contributed by atoms with Crippen molar-refractivity contribution >= 4 is 23.2 Å². The number of carbonyl (C=O) groups is 2. The van der Waals surface area contributed by atoms with Crippen LogP contribution in [-0.4, -0.2) is 22.8 Å². The van der Waals surface area contributed by atoms with E-state index >= 15 is 0 Å². The van der Waals surface area contributed by atoms with Gasteiger partial charge >= 0.3 is 0 Å². The molecule has 4 heteroatoms. The van der Waals surface area contributed by atoms with Crippen LogP contribution in [0, 0.1) is 20.8 Å². The molecule has 1 aliphatic heterocycles. The Hall–Kier alpha value is -1.97. The Morgan fingerprint density at radius 2 is 1.36 bits per heavy atom. The van der Waals surface area contributed by atoms with Crippen molar-refractivity contribution in [1.82, 2.24) is 0 Å². The van der Waals surface area contributed by atoms with Gasteiger partial charge in [0.2, 0.25) is 0 Å². The van der Waals surface area contributed by atoms with Gasteiger partial charge in [0.15, 0.2) is 11.6 Å². The lowest BCUT2D eigenvalue weighted by Crippen LogP contribution is -2.58. The van der Waals surface area contributed by atoms with Crippen LogP contribution in [0.5, 0.6) is 0 Å². The number of Topliss-reactive ketones (excluding diaryl/α,β-unsaturated/α-hetero) is 2. The standard InChI is InChI=1S/C24H27ClO3/c1-13-12-14(2)19(15(3)18(13)16-8-10-17(25)11-9-16)20-21(26)23(4,5)28-24(6,7)22(20)27/h8-12,20H,1-7H3. The van der Waals surface area contributed by atoms with E-state index in [1.165, 1.54) is 0 Å². The molecule has 3 nitrogen and oxygen atoms in total. The van der Waals surface area contributed by atoms with E-state index in [1.807, 2.05) is 38.1 Å². The Kier molecular flexibility index (Phi) is 5.06. The van der Waals surface area contributed by atoms with Crippen LogP contribution in [-0.2, 0) is 14.3 Å². The van der Waals surface area contributed by atoms with Crippen LogP contribution in [0.3, 0.4) is 0 Å². The first-order valence-electron chi connectivity index (χ1n) is 9.52. The van der Waals surface area contributed by atoms with Crippen LogP contribution < -0.4 is 0 Å². The number of benzene rings is 2. The van der Waals surface area contributed by atoms with Crippen molar-refractivity contribution in [3.8, 4) is 11.1 Å². The molecule has 148 valence electrons. The maximum Gasteiger partial charge on any atom is 0.179 e. The quantitative estimate of drug-likeness (QED) is 0.605. The van der Waals surface area contributed by atoms with E-state index in [0.717, 1.165) is 33.4 Å². The molecule has 1 fully saturated rings. The molecule has 2 aromatic rings. The zero-order chi connectivity index (χ0) is 21.0. The van der Waals surface area contributed by atoms with Gasteiger partial charge in [0.25, 0.3) is 0 Å². The van der Waals surface area contributed by atoms with E-state index in [0.29, 0.717) is 5.02 Å². The van der Waals surface area contributed by atoms with Crippen LogP contribution >= 0.6 is 11.6 Å². The van der Waals surface area contributed by atoms with Crippen molar-refractivity contribution in [3.63, 3.8) is 0 Å². The predicted octanol–water partition coefficient (Wildman–Crippen LogP) is 5.74. The normalized spacial score (nSPS) is 19.1. The van der Waals surface area contributed by atoms with Gasteiger partial charge < -0.3 is 4.74 Å². The molecule has 0 saturated carbocycles. The number of hydrogen-bond donors (Lipinski definition) is 0. The number of aryl methyl sites for hydroxylation is 2. The number of rotatable bonds is 2. The maximum atomic E-state index is 13.3. The van der Waals surface area contributed by atoms with Crippen LogP contribution in [0.25, 0.3) is 11.1 Å². The first-order valence-corrected chi connectivity index (χ1v) is 9.90. The van der Waals surface area contributed by atoms with Gasteiger partial charge in [-0.1, -0.05) is 29.8 Å². The van der Waals surface area contributed by atoms with Gasteiger partial charge in [-0.2, -0.15) is 0 Å². The van der Waals surface area contributed by atoms with Crippen molar-refractivity contribution in [1.29, 1.82) is 0 Å². The second-order valence-corrected chi connectivity index (χ2v) is 9.15. The summed E-state index contributed by atoms with van der Waals surface area (Å²) in [6.45, 7) is 13.0. The highest BCUT2D eigenvalue weighted by atomic mass is 35.5. The Morgan fingerprint density at radius 3 is 1.86 bits per heavy atom. The summed E-state index contributed by atoms with van der Waals surface area (Å²) in [4.78, 5) is 26.5. The van der Waals surface area contributed by atoms with Crippen molar-refractivity contribution in [2.45, 2.75) is 65.6 Å². The lowest BCUT2D eigenvalue weighted by atomic mass is 9.71. The molecular weight excluding hydrogens is 372 g/mol. The molecule has 1 aliphatic rings. The summed E-state index contributed by atoms with van der Waals surface area (Å²) < 4.78 is 5.86. The second-order valence-electron chi connectivity index (χ2n) is 8.72. The Balaban J connectivity index is 2.27. The van der Waals surface area contributed by atoms with Gasteiger partial charge in [-0.25, -0.2) is 0 Å². The van der Waals surface area contributed by atoms with Gasteiger partial charge in [0.1, 0.15) is 17.1 Å². The van der Waals surface area contributed by atoms with Crippen LogP contribution in [0.1, 0.15) is 55.9 Å². The fraction of sp³-hybridized carbons (Fsp3) is 0.417. The van der Waals surface area contributed by atoms with Gasteiger partial charge in [-0.3, -0.25) is 9.59 Å². The molecule has 0 aromatic heterocycles. The highest BCUT2D eigenvalue weighted by Gasteiger charge is 2.53. The molecule has 0 bridgehead atoms. The van der Waals surface area contributed by atoms with Crippen molar-refractivity contribution in [3.05, 3.63) is 57.6 Å². The number of ketones is 2. The summed E-state index contributed by atoms with van der Waals surface area (Å²) in [5.74, 6) is -1.20. The fourth-order valence-corrected chi connectivity index (χ4v) is 4.65. The Morgan fingerprint density at radius 1 is 0.857 bits per heavy atom. The highest BCUT2D eigenvalue weighted by molar-refractivity contribution is 6.30. The zero-order valence-electron chi connectivity index (χ0n) is 17.6. The van der Waals surface area contributed by atoms with E-state index in [2.05, 4.69) is 13.0 Å². The molecule has 0 atom stereocenters. The first-order chi connectivity index (χ1) is 12.9. The number of hydrogen-bond acceptors (Lipinski definition) is 3. The Labute approximate surface area is 172 Å². The molecule has 1 heterocycles. The first kappa shape index (κ1) is 20.8. The zero-order valence-corrected chi connectivity index (χ0v) is 18.3. The average Bonchev–Trinajstić information content (AvgIpc) is 2.57. The van der Waals surface area contributed by atoms with Crippen molar-refractivity contribution in [2.24, 2.45) is 0 Å². The summed E-state index contributed by atoms with van der Waals surface area (Å²) in [6.07, 6.45) is 0. The van der Waals surface area contributed by atoms with E-state index in [-0.39, 0.29) is 11.6 Å². The molecule has 28 heavy (non-hydrogen) atoms. The van der Waals surface area contributed by atoms with Crippen molar-refractivity contribution in [2.75, 3.05) is 0 Å². The van der Waals surface area contributed by atoms with Crippen LogP contribution in [0.2, 0.25) is 5.02 Å². The average molecular weight is 399 g/mol. The van der Waals surface area contributed by atoms with Gasteiger partial charge in [0.05, 0.1) is 0 Å². The molecule has 0 spiro atoms. The molecule has 3 rings (SSSR count). The molecule has 0 unspecified atom stereocenters. The highest BCUT2D eigenvalue weighted by Crippen LogP contribution is 2.43. The minimum Gasteiger partial charge on any atom is -0.354 e. The third kappa shape index (κ3) is 3.31. The summed E-state index contributed by atoms with van der Waals surface area (Å²) in [5, 5.41) is 0.671. The lowest BCUT2D eigenvalue weighted by Gasteiger charge is -2.43. The third-order valence-electron chi connectivity index (χ3n) is 5.67. The molecule has 0 aliphatic carbocycles. The second kappa shape index (κ2) is 6.82. The Bertz CT molecular complexity index is 942. The molecule has 0 amide bonds. The maximum absolute atomic E-state index is 13.3. The minimum atomic E-state index is -1.02. The summed E-state index contributed by atoms with van der Waals surface area (Å²) in [5.41, 5.74) is 3.83. The molecule has 0 N–H and O–H groups in total. The predicted molar refractivity (Wildman–Crippen MR) is 113 cm³/mol. The van der Waals surface area contributed by atoms with E-state index in [1.54, 1.807) is 27.7 Å². The number of halogens is 1. The topological polar surface area (TPSA) is 43.4 Å². The SMILES string of the molecule is Cc1cc(C)c(C2C(=O)C(C)(C)OC(C)(C)C2=O)c(C)c1-c1ccc(Cl)cc1. The summed E-state index contributed by atoms with van der Waals surface area (Å²) in [7, 11) is 0. The van der Waals surface area contributed by atoms with E-state index in [4.69, 9.17) is 16.3 Å². The third-order valence-corrected chi connectivity index (χ3v) is 5.93. The summed E-state index contributed by atoms with van der Waals surface area (Å²) in [6, 6.07) is 9.71. The van der Waals surface area contributed by atoms with Gasteiger partial charge in [0, 0.05) is 5.02 Å². The van der Waals surface area contributed by atoms with Crippen LogP contribution in [0.15, 0.2) is 30.3 Å². The molecular formula is C24H27ClO3. The van der Waals surface area contributed by atoms with Gasteiger partial charge in [-0.05, 0) is 94.0 Å². The van der Waals surface area contributed by atoms with E-state index < -0.39 is 17.1 Å². The molecule has 1 saturated heterocycles. The van der Waals surface area contributed by atoms with Crippen molar-refractivity contribution < 1.29 is 14.3 Å². The van der Waals surface area contributed by atoms with Crippen LogP contribution in [0.4, 0.5) is 0 Å². The monoisotopic (exact) mass is 398 g/mol. The molecule has 2 aromatic carbocycles. The molecule has 0 radical (unpaired) electrons. The fourth-order valence-electron chi connectivity index (χ4n) is 4.52. The number of ether oxygens (including phenoxy) is 1. The smallest absolute Gasteiger partial charge is 0.179 e. The van der Waals surface area contributed by atoms with Gasteiger partial charge in [-0.15, -0.1) is 0 Å². The lowest BCUT2D eigenvalue weighted by molar-refractivity contribution is -0.184. The minimum absolute atomic E-state index is 0.186. The largest absolute Gasteiger partial charge is 0.354 e. The number of carbonyl (C=O) groups excluding carboxylic acids is 2. The van der Waals surface area contributed by atoms with E-state index in [9.17, 15) is 9.59 Å².